The summed E-state index contributed by atoms with van der Waals surface area (Å²) in [6.07, 6.45) is 5.64. The van der Waals surface area contributed by atoms with Crippen LogP contribution in [0.4, 0.5) is 0 Å². The molecule has 4 aliphatic rings. The summed E-state index contributed by atoms with van der Waals surface area (Å²) in [5.41, 5.74) is -0.772. The third-order valence-electron chi connectivity index (χ3n) is 5.44. The van der Waals surface area contributed by atoms with Crippen LogP contribution in [0.5, 0.6) is 0 Å². The van der Waals surface area contributed by atoms with Crippen molar-refractivity contribution < 1.29 is 24.1 Å². The van der Waals surface area contributed by atoms with Crippen LogP contribution in [0, 0.1) is 5.92 Å². The highest BCUT2D eigenvalue weighted by Crippen LogP contribution is 2.46. The van der Waals surface area contributed by atoms with Gasteiger partial charge in [0, 0.05) is 18.5 Å². The van der Waals surface area contributed by atoms with Gasteiger partial charge >= 0.3 is 5.97 Å². The molecule has 7 nitrogen and oxygen atoms in total. The van der Waals surface area contributed by atoms with Gasteiger partial charge in [0.2, 0.25) is 0 Å². The molecule has 1 fully saturated rings. The van der Waals surface area contributed by atoms with Crippen molar-refractivity contribution in [1.29, 1.82) is 0 Å². The number of cyclic esters (lactones) is 1. The molecule has 0 unspecified atom stereocenters. The quantitative estimate of drug-likeness (QED) is 0.813. The van der Waals surface area contributed by atoms with E-state index in [1.54, 1.807) is 10.6 Å². The summed E-state index contributed by atoms with van der Waals surface area (Å²) >= 11 is 0. The van der Waals surface area contributed by atoms with Crippen molar-refractivity contribution in [3.63, 3.8) is 0 Å². The lowest BCUT2D eigenvalue weighted by Crippen LogP contribution is -2.45. The molecule has 4 heterocycles. The molecule has 1 atom stereocenters. The average Bonchev–Trinajstić information content (AvgIpc) is 3.12. The van der Waals surface area contributed by atoms with Gasteiger partial charge in [-0.1, -0.05) is 12.8 Å². The van der Waals surface area contributed by atoms with Crippen LogP contribution in [-0.2, 0) is 43.5 Å². The predicted molar refractivity (Wildman–Crippen MR) is 79.3 cm³/mol. The van der Waals surface area contributed by atoms with Gasteiger partial charge in [-0.05, 0) is 18.4 Å². The van der Waals surface area contributed by atoms with Gasteiger partial charge in [0.05, 0.1) is 5.56 Å². The Balaban J connectivity index is 1.71. The smallest absolute Gasteiger partial charge is 0.343 e. The number of carbonyl (C=O) groups is 1. The van der Waals surface area contributed by atoms with Gasteiger partial charge in [0.15, 0.2) is 5.60 Å². The standard InChI is InChI=1S/C17H17NO6/c19-14-11-9-22-15(20)16(21,8-10-1-2-10)12(11)7-13-17(3-4-18(13)14)23-5-6-24-17/h5-7,10,21H,1-4,8-9H2/t16-/m1/s1. The van der Waals surface area contributed by atoms with Gasteiger partial charge in [-0.15, -0.1) is 0 Å². The molecule has 0 saturated heterocycles. The molecular formula is C17H17NO6. The van der Waals surface area contributed by atoms with E-state index < -0.39 is 17.4 Å². The fraction of sp³-hybridized carbons (Fsp3) is 0.529. The lowest BCUT2D eigenvalue weighted by atomic mass is 9.83. The van der Waals surface area contributed by atoms with Crippen molar-refractivity contribution in [2.24, 2.45) is 5.92 Å². The van der Waals surface area contributed by atoms with Crippen LogP contribution in [0.25, 0.3) is 0 Å². The molecule has 7 heteroatoms. The van der Waals surface area contributed by atoms with Crippen molar-refractivity contribution in [2.75, 3.05) is 0 Å². The summed E-state index contributed by atoms with van der Waals surface area (Å²) in [6, 6.07) is 1.69. The number of aromatic nitrogens is 1. The second kappa shape index (κ2) is 4.42. The summed E-state index contributed by atoms with van der Waals surface area (Å²) in [7, 11) is 0. The van der Waals surface area contributed by atoms with Crippen molar-refractivity contribution in [1.82, 2.24) is 4.57 Å². The number of esters is 1. The molecule has 1 saturated carbocycles. The zero-order valence-corrected chi connectivity index (χ0v) is 13.0. The number of hydrogen-bond acceptors (Lipinski definition) is 6. The molecule has 126 valence electrons. The van der Waals surface area contributed by atoms with Crippen molar-refractivity contribution in [2.45, 2.75) is 50.2 Å². The minimum atomic E-state index is -1.76. The largest absolute Gasteiger partial charge is 0.458 e. The number of ether oxygens (including phenoxy) is 3. The van der Waals surface area contributed by atoms with E-state index >= 15 is 0 Å². The minimum Gasteiger partial charge on any atom is -0.458 e. The molecule has 24 heavy (non-hydrogen) atoms. The van der Waals surface area contributed by atoms with E-state index in [0.29, 0.717) is 35.7 Å². The number of fused-ring (bicyclic) bond motifs is 3. The van der Waals surface area contributed by atoms with E-state index in [1.807, 2.05) is 0 Å². The Kier molecular flexibility index (Phi) is 2.59. The number of carbonyl (C=O) groups excluding carboxylic acids is 1. The Morgan fingerprint density at radius 3 is 2.71 bits per heavy atom. The summed E-state index contributed by atoms with van der Waals surface area (Å²) < 4.78 is 17.9. The van der Waals surface area contributed by atoms with Gasteiger partial charge in [0.25, 0.3) is 11.3 Å². The zero-order chi connectivity index (χ0) is 16.5. The Labute approximate surface area is 137 Å². The Morgan fingerprint density at radius 1 is 1.25 bits per heavy atom. The number of hydrogen-bond donors (Lipinski definition) is 1. The molecule has 5 rings (SSSR count). The topological polar surface area (TPSA) is 87.0 Å². The maximum absolute atomic E-state index is 12.9. The van der Waals surface area contributed by atoms with Gasteiger partial charge in [-0.3, -0.25) is 4.79 Å². The third kappa shape index (κ3) is 1.70. The van der Waals surface area contributed by atoms with E-state index in [-0.39, 0.29) is 18.6 Å². The first kappa shape index (κ1) is 14.1. The fourth-order valence-corrected chi connectivity index (χ4v) is 3.96. The van der Waals surface area contributed by atoms with Gasteiger partial charge in [-0.25, -0.2) is 4.79 Å². The van der Waals surface area contributed by atoms with Crippen LogP contribution in [0.15, 0.2) is 23.4 Å². The molecule has 0 aromatic carbocycles. The molecule has 1 spiro atoms. The molecule has 0 radical (unpaired) electrons. The van der Waals surface area contributed by atoms with E-state index in [0.717, 1.165) is 12.8 Å². The van der Waals surface area contributed by atoms with Crippen LogP contribution < -0.4 is 5.56 Å². The number of pyridine rings is 1. The summed E-state index contributed by atoms with van der Waals surface area (Å²) in [5.74, 6) is -1.42. The average molecular weight is 331 g/mol. The van der Waals surface area contributed by atoms with Gasteiger partial charge in [-0.2, -0.15) is 0 Å². The molecule has 3 aliphatic heterocycles. The maximum atomic E-state index is 12.9. The lowest BCUT2D eigenvalue weighted by Gasteiger charge is -2.33. The van der Waals surface area contributed by atoms with Gasteiger partial charge in [0.1, 0.15) is 24.8 Å². The number of nitrogens with zero attached hydrogens (tertiary/aromatic N) is 1. The monoisotopic (exact) mass is 331 g/mol. The molecular weight excluding hydrogens is 314 g/mol. The van der Waals surface area contributed by atoms with Crippen LogP contribution in [0.1, 0.15) is 42.5 Å². The normalized spacial score (nSPS) is 29.0. The summed E-state index contributed by atoms with van der Waals surface area (Å²) in [5, 5.41) is 11.1. The fourth-order valence-electron chi connectivity index (χ4n) is 3.96. The lowest BCUT2D eigenvalue weighted by molar-refractivity contribution is -0.173. The Bertz CT molecular complexity index is 828. The first-order valence-electron chi connectivity index (χ1n) is 8.21. The SMILES string of the molecule is O=C1OCc2c(cc3n(c2=O)CCC32OC=CO2)[C@]1(O)CC1CC1. The number of aliphatic hydroxyl groups is 1. The Hall–Kier alpha value is -2.28. The molecule has 1 aliphatic carbocycles. The minimum absolute atomic E-state index is 0.104. The third-order valence-corrected chi connectivity index (χ3v) is 5.44. The molecule has 1 N–H and O–H groups in total. The van der Waals surface area contributed by atoms with Crippen molar-refractivity contribution >= 4 is 5.97 Å². The summed E-state index contributed by atoms with van der Waals surface area (Å²) in [6.45, 7) is 0.353. The van der Waals surface area contributed by atoms with Gasteiger partial charge < -0.3 is 23.9 Å². The zero-order valence-electron chi connectivity index (χ0n) is 13.0. The van der Waals surface area contributed by atoms with Crippen LogP contribution >= 0.6 is 0 Å². The van der Waals surface area contributed by atoms with Crippen molar-refractivity contribution in [3.8, 4) is 0 Å². The first-order chi connectivity index (χ1) is 11.5. The first-order valence-corrected chi connectivity index (χ1v) is 8.21. The molecule has 0 bridgehead atoms. The second-order valence-electron chi connectivity index (χ2n) is 6.97. The van der Waals surface area contributed by atoms with Crippen molar-refractivity contribution in [3.05, 3.63) is 45.8 Å². The van der Waals surface area contributed by atoms with E-state index in [9.17, 15) is 14.7 Å². The highest BCUT2D eigenvalue weighted by atomic mass is 16.7. The molecule has 0 amide bonds. The van der Waals surface area contributed by atoms with E-state index in [4.69, 9.17) is 14.2 Å². The predicted octanol–water partition coefficient (Wildman–Crippen LogP) is 0.967. The van der Waals surface area contributed by atoms with Crippen LogP contribution in [0.2, 0.25) is 0 Å². The Morgan fingerprint density at radius 2 is 2.00 bits per heavy atom. The summed E-state index contributed by atoms with van der Waals surface area (Å²) in [4.78, 5) is 25.2. The molecule has 1 aromatic heterocycles. The maximum Gasteiger partial charge on any atom is 0.343 e. The highest BCUT2D eigenvalue weighted by molar-refractivity contribution is 5.83. The van der Waals surface area contributed by atoms with E-state index in [1.165, 1.54) is 12.5 Å². The number of rotatable bonds is 2. The molecule has 1 aromatic rings. The van der Waals surface area contributed by atoms with E-state index in [2.05, 4.69) is 0 Å². The van der Waals surface area contributed by atoms with Crippen LogP contribution in [0.3, 0.4) is 0 Å². The second-order valence-corrected chi connectivity index (χ2v) is 6.97. The highest BCUT2D eigenvalue weighted by Gasteiger charge is 2.52. The van der Waals surface area contributed by atoms with Crippen LogP contribution in [-0.4, -0.2) is 15.6 Å².